The topological polar surface area (TPSA) is 105 Å². The number of anilines is 1. The van der Waals surface area contributed by atoms with E-state index in [0.29, 0.717) is 23.4 Å². The van der Waals surface area contributed by atoms with Crippen molar-refractivity contribution >= 4 is 17.0 Å². The number of fused-ring (bicyclic) bond motifs is 1. The third-order valence-corrected chi connectivity index (χ3v) is 5.09. The summed E-state index contributed by atoms with van der Waals surface area (Å²) < 4.78 is 7.45. The second-order valence-corrected chi connectivity index (χ2v) is 7.08. The zero-order valence-electron chi connectivity index (χ0n) is 15.8. The molecule has 0 bridgehead atoms. The molecule has 0 saturated carbocycles. The molecule has 2 aromatic heterocycles. The van der Waals surface area contributed by atoms with E-state index in [1.807, 2.05) is 18.2 Å². The van der Waals surface area contributed by atoms with Crippen molar-refractivity contribution in [1.29, 1.82) is 0 Å². The molecule has 1 fully saturated rings. The Kier molecular flexibility index (Phi) is 5.52. The van der Waals surface area contributed by atoms with Crippen LogP contribution in [0.5, 0.6) is 0 Å². The van der Waals surface area contributed by atoms with Gasteiger partial charge in [0.2, 0.25) is 0 Å². The number of rotatable bonds is 7. The van der Waals surface area contributed by atoms with Gasteiger partial charge < -0.3 is 20.3 Å². The second-order valence-electron chi connectivity index (χ2n) is 7.08. The van der Waals surface area contributed by atoms with Gasteiger partial charge in [0.1, 0.15) is 12.4 Å². The molecule has 8 heteroatoms. The van der Waals surface area contributed by atoms with Crippen LogP contribution in [0.1, 0.15) is 44.0 Å². The number of nitrogens with one attached hydrogen (secondary N) is 1. The maximum Gasteiger partial charge on any atom is 0.167 e. The first-order valence-corrected chi connectivity index (χ1v) is 9.64. The molecular weight excluding hydrogens is 358 g/mol. The summed E-state index contributed by atoms with van der Waals surface area (Å²) in [6.45, 7) is 2.02. The zero-order chi connectivity index (χ0) is 19.5. The number of nitrogens with zero attached hydrogens (tertiary/aromatic N) is 4. The van der Waals surface area contributed by atoms with E-state index < -0.39 is 12.3 Å². The van der Waals surface area contributed by atoms with E-state index in [1.165, 1.54) is 11.9 Å². The van der Waals surface area contributed by atoms with Crippen LogP contribution >= 0.6 is 0 Å². The Morgan fingerprint density at radius 2 is 2.07 bits per heavy atom. The zero-order valence-corrected chi connectivity index (χ0v) is 15.8. The van der Waals surface area contributed by atoms with Crippen molar-refractivity contribution in [3.05, 3.63) is 48.5 Å². The average molecular weight is 383 g/mol. The Bertz CT molecular complexity index is 917. The summed E-state index contributed by atoms with van der Waals surface area (Å²) in [7, 11) is 0. The summed E-state index contributed by atoms with van der Waals surface area (Å²) in [5.41, 5.74) is 2.40. The molecule has 148 valence electrons. The molecule has 4 atom stereocenters. The third kappa shape index (κ3) is 3.58. The summed E-state index contributed by atoms with van der Waals surface area (Å²) in [6, 6.07) is 10.4. The van der Waals surface area contributed by atoms with Gasteiger partial charge in [-0.3, -0.25) is 4.57 Å². The van der Waals surface area contributed by atoms with Crippen molar-refractivity contribution in [2.75, 3.05) is 11.9 Å². The van der Waals surface area contributed by atoms with Crippen molar-refractivity contribution in [3.8, 4) is 0 Å². The highest BCUT2D eigenvalue weighted by molar-refractivity contribution is 5.83. The fraction of sp³-hybridized carbons (Fsp3) is 0.450. The van der Waals surface area contributed by atoms with Gasteiger partial charge in [-0.15, -0.1) is 0 Å². The molecule has 28 heavy (non-hydrogen) atoms. The number of benzene rings is 1. The monoisotopic (exact) mass is 383 g/mol. The number of ether oxygens (including phenoxy) is 1. The number of hydrogen-bond acceptors (Lipinski definition) is 7. The minimum absolute atomic E-state index is 0.113. The van der Waals surface area contributed by atoms with Crippen LogP contribution in [-0.2, 0) is 4.74 Å². The highest BCUT2D eigenvalue weighted by Gasteiger charge is 2.36. The van der Waals surface area contributed by atoms with E-state index in [4.69, 9.17) is 4.74 Å². The molecule has 3 aromatic rings. The first kappa shape index (κ1) is 18.8. The quantitative estimate of drug-likeness (QED) is 0.575. The molecule has 0 radical (unpaired) electrons. The normalized spacial score (nSPS) is 23.2. The van der Waals surface area contributed by atoms with Gasteiger partial charge in [0.15, 0.2) is 23.2 Å². The molecule has 1 saturated heterocycles. The van der Waals surface area contributed by atoms with Crippen molar-refractivity contribution in [3.63, 3.8) is 0 Å². The van der Waals surface area contributed by atoms with Gasteiger partial charge in [-0.05, 0) is 12.0 Å². The third-order valence-electron chi connectivity index (χ3n) is 5.09. The van der Waals surface area contributed by atoms with E-state index in [-0.39, 0.29) is 18.8 Å². The van der Waals surface area contributed by atoms with E-state index in [2.05, 4.69) is 39.3 Å². The first-order chi connectivity index (χ1) is 13.7. The van der Waals surface area contributed by atoms with E-state index in [0.717, 1.165) is 12.8 Å². The van der Waals surface area contributed by atoms with E-state index in [1.54, 1.807) is 10.9 Å². The maximum absolute atomic E-state index is 10.3. The minimum Gasteiger partial charge on any atom is -0.394 e. The van der Waals surface area contributed by atoms with Crippen LogP contribution in [0.25, 0.3) is 11.2 Å². The van der Waals surface area contributed by atoms with Crippen molar-refractivity contribution in [1.82, 2.24) is 19.5 Å². The molecule has 1 aliphatic rings. The second kappa shape index (κ2) is 8.22. The lowest BCUT2D eigenvalue weighted by Gasteiger charge is -2.20. The van der Waals surface area contributed by atoms with Gasteiger partial charge in [-0.1, -0.05) is 43.7 Å². The molecule has 4 rings (SSSR count). The van der Waals surface area contributed by atoms with Crippen LogP contribution in [-0.4, -0.2) is 48.5 Å². The molecule has 0 aliphatic carbocycles. The average Bonchev–Trinajstić information content (AvgIpc) is 3.32. The van der Waals surface area contributed by atoms with Gasteiger partial charge in [0.25, 0.3) is 0 Å². The van der Waals surface area contributed by atoms with E-state index >= 15 is 0 Å². The van der Waals surface area contributed by atoms with Crippen molar-refractivity contribution in [2.45, 2.75) is 50.7 Å². The molecule has 3 N–H and O–H groups in total. The molecule has 1 aliphatic heterocycles. The predicted molar refractivity (Wildman–Crippen MR) is 105 cm³/mol. The molecule has 8 nitrogen and oxygen atoms in total. The Morgan fingerprint density at radius 1 is 1.25 bits per heavy atom. The summed E-state index contributed by atoms with van der Waals surface area (Å²) in [6.07, 6.45) is 3.73. The highest BCUT2D eigenvalue weighted by atomic mass is 16.5. The number of aliphatic hydroxyl groups excluding tert-OH is 2. The summed E-state index contributed by atoms with van der Waals surface area (Å²) in [4.78, 5) is 13.2. The number of aliphatic hydroxyl groups is 2. The Balaban J connectivity index is 1.65. The van der Waals surface area contributed by atoms with Crippen LogP contribution in [0, 0.1) is 0 Å². The Hall–Kier alpha value is -2.55. The van der Waals surface area contributed by atoms with Gasteiger partial charge in [0.05, 0.1) is 25.1 Å². The summed E-state index contributed by atoms with van der Waals surface area (Å²) in [5.74, 6) is 0.650. The number of hydrogen-bond donors (Lipinski definition) is 3. The lowest BCUT2D eigenvalue weighted by atomic mass is 10.0. The lowest BCUT2D eigenvalue weighted by molar-refractivity contribution is -0.0486. The van der Waals surface area contributed by atoms with Crippen LogP contribution in [0.4, 0.5) is 5.82 Å². The Labute approximate surface area is 163 Å². The van der Waals surface area contributed by atoms with E-state index in [9.17, 15) is 10.2 Å². The SMILES string of the molecule is CCCC(Nc1ncnc2c1ncn2[C@@H]1O[C@H](CO)CC1O)c1ccccc1. The van der Waals surface area contributed by atoms with Crippen LogP contribution in [0.15, 0.2) is 43.0 Å². The summed E-state index contributed by atoms with van der Waals surface area (Å²) in [5, 5.41) is 23.1. The predicted octanol–water partition coefficient (Wildman–Crippen LogP) is 2.42. The smallest absolute Gasteiger partial charge is 0.167 e. The molecule has 1 aromatic carbocycles. The minimum atomic E-state index is -0.724. The number of aromatic nitrogens is 4. The largest absolute Gasteiger partial charge is 0.394 e. The first-order valence-electron chi connectivity index (χ1n) is 9.64. The molecule has 0 amide bonds. The van der Waals surface area contributed by atoms with Crippen LogP contribution < -0.4 is 5.32 Å². The lowest BCUT2D eigenvalue weighted by Crippen LogP contribution is -2.19. The molecular formula is C20H25N5O3. The fourth-order valence-electron chi connectivity index (χ4n) is 3.70. The molecule has 2 unspecified atom stereocenters. The number of imidazole rings is 1. The van der Waals surface area contributed by atoms with Crippen molar-refractivity contribution < 1.29 is 14.9 Å². The van der Waals surface area contributed by atoms with Crippen LogP contribution in [0.2, 0.25) is 0 Å². The molecule has 0 spiro atoms. The van der Waals surface area contributed by atoms with Gasteiger partial charge >= 0.3 is 0 Å². The molecule has 3 heterocycles. The standard InChI is InChI=1S/C20H25N5O3/c1-2-6-15(13-7-4-3-5-8-13)24-18-17-19(22-11-21-18)25(12-23-17)20-16(27)9-14(10-26)28-20/h3-5,7-8,11-12,14-16,20,26-27H,2,6,9-10H2,1H3,(H,21,22,24)/t14-,15?,16?,20+/m0/s1. The fourth-order valence-corrected chi connectivity index (χ4v) is 3.70. The summed E-state index contributed by atoms with van der Waals surface area (Å²) >= 11 is 0. The van der Waals surface area contributed by atoms with Gasteiger partial charge in [-0.2, -0.15) is 0 Å². The van der Waals surface area contributed by atoms with Gasteiger partial charge in [-0.25, -0.2) is 15.0 Å². The van der Waals surface area contributed by atoms with Crippen molar-refractivity contribution in [2.24, 2.45) is 0 Å². The Morgan fingerprint density at radius 3 is 2.79 bits per heavy atom. The highest BCUT2D eigenvalue weighted by Crippen LogP contribution is 2.32. The maximum atomic E-state index is 10.3. The van der Waals surface area contributed by atoms with Gasteiger partial charge in [0, 0.05) is 6.42 Å². The van der Waals surface area contributed by atoms with Crippen LogP contribution in [0.3, 0.4) is 0 Å².